The van der Waals surface area contributed by atoms with Crippen LogP contribution in [0.5, 0.6) is 0 Å². The molecule has 0 aliphatic carbocycles. The van der Waals surface area contributed by atoms with Crippen LogP contribution in [0.3, 0.4) is 0 Å². The fourth-order valence-electron chi connectivity index (χ4n) is 4.21. The van der Waals surface area contributed by atoms with Crippen LogP contribution in [0.15, 0.2) is 60.1 Å². The summed E-state index contributed by atoms with van der Waals surface area (Å²) in [5, 5.41) is 3.16. The number of hydrogen-bond donors (Lipinski definition) is 1. The summed E-state index contributed by atoms with van der Waals surface area (Å²) in [6, 6.07) is 16.3. The van der Waals surface area contributed by atoms with Gasteiger partial charge in [-0.3, -0.25) is 9.78 Å². The molecule has 6 nitrogen and oxygen atoms in total. The number of hydrogen-bond acceptors (Lipinski definition) is 6. The number of anilines is 1. The van der Waals surface area contributed by atoms with Crippen molar-refractivity contribution >= 4 is 33.3 Å². The van der Waals surface area contributed by atoms with Gasteiger partial charge in [-0.25, -0.2) is 9.97 Å². The van der Waals surface area contributed by atoms with E-state index in [0.29, 0.717) is 12.4 Å². The second-order valence-electron chi connectivity index (χ2n) is 7.96. The summed E-state index contributed by atoms with van der Waals surface area (Å²) in [5.41, 5.74) is 8.65. The number of amides is 1. The maximum atomic E-state index is 12.0. The van der Waals surface area contributed by atoms with Crippen molar-refractivity contribution in [1.82, 2.24) is 15.0 Å². The predicted octanol–water partition coefficient (Wildman–Crippen LogP) is 4.51. The minimum atomic E-state index is -0.249. The van der Waals surface area contributed by atoms with Gasteiger partial charge in [-0.1, -0.05) is 36.4 Å². The Kier molecular flexibility index (Phi) is 5.11. The summed E-state index contributed by atoms with van der Waals surface area (Å²) < 4.78 is 0. The fourth-order valence-corrected chi connectivity index (χ4v) is 5.15. The highest BCUT2D eigenvalue weighted by Gasteiger charge is 2.32. The number of primary amides is 1. The third-order valence-corrected chi connectivity index (χ3v) is 6.82. The average Bonchev–Trinajstić information content (AvgIpc) is 3.24. The Balaban J connectivity index is 1.73. The van der Waals surface area contributed by atoms with Gasteiger partial charge in [0.1, 0.15) is 16.3 Å². The van der Waals surface area contributed by atoms with Crippen molar-refractivity contribution in [2.45, 2.75) is 25.8 Å². The van der Waals surface area contributed by atoms with Gasteiger partial charge in [-0.15, -0.1) is 11.3 Å². The zero-order valence-corrected chi connectivity index (χ0v) is 18.0. The average molecular weight is 430 g/mol. The molecule has 1 aliphatic rings. The molecule has 0 radical (unpaired) electrons. The molecule has 156 valence electrons. The molecule has 2 atom stereocenters. The normalized spacial score (nSPS) is 18.9. The zero-order valence-electron chi connectivity index (χ0n) is 17.2. The number of carbonyl (C=O) groups excluding carboxylic acids is 1. The second kappa shape index (κ2) is 8.07. The summed E-state index contributed by atoms with van der Waals surface area (Å²) in [6.45, 7) is 2.74. The SMILES string of the molecule is CC1CCC(C(N)=O)CN1c1nc(-c2ccccn2)nc2scc(-c3ccccc3)c12. The highest BCUT2D eigenvalue weighted by molar-refractivity contribution is 7.17. The number of carbonyl (C=O) groups is 1. The van der Waals surface area contributed by atoms with Crippen LogP contribution in [0.4, 0.5) is 5.82 Å². The Hall–Kier alpha value is -3.32. The van der Waals surface area contributed by atoms with E-state index >= 15 is 0 Å². The minimum absolute atomic E-state index is 0.182. The summed E-state index contributed by atoms with van der Waals surface area (Å²) in [4.78, 5) is 29.4. The van der Waals surface area contributed by atoms with Gasteiger partial charge in [0.25, 0.3) is 0 Å². The molecule has 0 bridgehead atoms. The monoisotopic (exact) mass is 429 g/mol. The van der Waals surface area contributed by atoms with Crippen molar-refractivity contribution in [3.63, 3.8) is 0 Å². The van der Waals surface area contributed by atoms with Crippen LogP contribution < -0.4 is 10.6 Å². The Morgan fingerprint density at radius 3 is 2.65 bits per heavy atom. The van der Waals surface area contributed by atoms with Crippen LogP contribution >= 0.6 is 11.3 Å². The molecule has 3 aromatic heterocycles. The molecule has 2 unspecified atom stereocenters. The summed E-state index contributed by atoms with van der Waals surface area (Å²) in [7, 11) is 0. The van der Waals surface area contributed by atoms with Crippen LogP contribution in [-0.2, 0) is 4.79 Å². The third-order valence-electron chi connectivity index (χ3n) is 5.95. The van der Waals surface area contributed by atoms with Gasteiger partial charge in [0.05, 0.1) is 11.3 Å². The fraction of sp³-hybridized carbons (Fsp3) is 0.250. The maximum absolute atomic E-state index is 12.0. The van der Waals surface area contributed by atoms with Crippen molar-refractivity contribution < 1.29 is 4.79 Å². The maximum Gasteiger partial charge on any atom is 0.222 e. The zero-order chi connectivity index (χ0) is 21.4. The van der Waals surface area contributed by atoms with Crippen LogP contribution in [0.1, 0.15) is 19.8 Å². The molecular formula is C24H23N5OS. The molecule has 1 aliphatic heterocycles. The predicted molar refractivity (Wildman–Crippen MR) is 125 cm³/mol. The Morgan fingerprint density at radius 2 is 1.90 bits per heavy atom. The summed E-state index contributed by atoms with van der Waals surface area (Å²) in [6.07, 6.45) is 3.45. The van der Waals surface area contributed by atoms with E-state index in [-0.39, 0.29) is 17.9 Å². The van der Waals surface area contributed by atoms with Crippen molar-refractivity contribution in [2.75, 3.05) is 11.4 Å². The molecule has 31 heavy (non-hydrogen) atoms. The molecule has 0 spiro atoms. The Labute approximate surface area is 184 Å². The first-order valence-electron chi connectivity index (χ1n) is 10.4. The van der Waals surface area contributed by atoms with Gasteiger partial charge in [0, 0.05) is 29.7 Å². The smallest absolute Gasteiger partial charge is 0.222 e. The van der Waals surface area contributed by atoms with Gasteiger partial charge in [-0.05, 0) is 37.5 Å². The topological polar surface area (TPSA) is 85.0 Å². The van der Waals surface area contributed by atoms with E-state index < -0.39 is 0 Å². The Morgan fingerprint density at radius 1 is 1.10 bits per heavy atom. The van der Waals surface area contributed by atoms with Gasteiger partial charge >= 0.3 is 0 Å². The lowest BCUT2D eigenvalue weighted by molar-refractivity contribution is -0.122. The van der Waals surface area contributed by atoms with Crippen molar-refractivity contribution in [1.29, 1.82) is 0 Å². The van der Waals surface area contributed by atoms with Crippen molar-refractivity contribution in [2.24, 2.45) is 11.7 Å². The molecule has 1 amide bonds. The largest absolute Gasteiger partial charge is 0.369 e. The van der Waals surface area contributed by atoms with Gasteiger partial charge < -0.3 is 10.6 Å². The van der Waals surface area contributed by atoms with Crippen LogP contribution in [-0.4, -0.2) is 33.4 Å². The van der Waals surface area contributed by atoms with Crippen LogP contribution in [0, 0.1) is 5.92 Å². The lowest BCUT2D eigenvalue weighted by Crippen LogP contribution is -2.46. The number of piperidine rings is 1. The van der Waals surface area contributed by atoms with E-state index in [1.54, 1.807) is 17.5 Å². The van der Waals surface area contributed by atoms with Crippen LogP contribution in [0.25, 0.3) is 32.9 Å². The molecule has 1 aromatic carbocycles. The first-order valence-corrected chi connectivity index (χ1v) is 11.3. The van der Waals surface area contributed by atoms with Gasteiger partial charge in [0.2, 0.25) is 5.91 Å². The quantitative estimate of drug-likeness (QED) is 0.516. The number of thiophene rings is 1. The highest BCUT2D eigenvalue weighted by atomic mass is 32.1. The first kappa shape index (κ1) is 19.6. The van der Waals surface area contributed by atoms with Gasteiger partial charge in [0.15, 0.2) is 5.82 Å². The lowest BCUT2D eigenvalue weighted by Gasteiger charge is -2.38. The van der Waals surface area contributed by atoms with E-state index in [1.165, 1.54) is 0 Å². The molecule has 1 saturated heterocycles. The van der Waals surface area contributed by atoms with E-state index in [9.17, 15) is 4.79 Å². The van der Waals surface area contributed by atoms with E-state index in [4.69, 9.17) is 15.7 Å². The Bertz CT molecular complexity index is 1220. The van der Waals surface area contributed by atoms with Crippen molar-refractivity contribution in [3.8, 4) is 22.6 Å². The highest BCUT2D eigenvalue weighted by Crippen LogP contribution is 2.41. The first-order chi connectivity index (χ1) is 15.1. The molecule has 4 aromatic rings. The molecule has 1 fully saturated rings. The van der Waals surface area contributed by atoms with Crippen molar-refractivity contribution in [3.05, 3.63) is 60.1 Å². The number of nitrogens with two attached hydrogens (primary N) is 1. The number of pyridine rings is 1. The molecular weight excluding hydrogens is 406 g/mol. The molecule has 4 heterocycles. The molecule has 2 N–H and O–H groups in total. The standard InChI is InChI=1S/C24H23N5OS/c1-15-10-11-17(21(25)30)13-29(15)23-20-18(16-7-3-2-4-8-16)14-31-24(20)28-22(27-23)19-9-5-6-12-26-19/h2-9,12,14-15,17H,10-11,13H2,1H3,(H2,25,30). The summed E-state index contributed by atoms with van der Waals surface area (Å²) in [5.74, 6) is 1.02. The number of fused-ring (bicyclic) bond motifs is 1. The second-order valence-corrected chi connectivity index (χ2v) is 8.82. The minimum Gasteiger partial charge on any atom is -0.369 e. The number of benzene rings is 1. The van der Waals surface area contributed by atoms with E-state index in [1.807, 2.05) is 36.4 Å². The lowest BCUT2D eigenvalue weighted by atomic mass is 9.92. The molecule has 7 heteroatoms. The number of aromatic nitrogens is 3. The van der Waals surface area contributed by atoms with E-state index in [0.717, 1.165) is 45.7 Å². The number of rotatable bonds is 4. The van der Waals surface area contributed by atoms with Crippen LogP contribution in [0.2, 0.25) is 0 Å². The summed E-state index contributed by atoms with van der Waals surface area (Å²) >= 11 is 1.61. The molecule has 5 rings (SSSR count). The van der Waals surface area contributed by atoms with Gasteiger partial charge in [-0.2, -0.15) is 0 Å². The third kappa shape index (κ3) is 3.65. The number of nitrogens with zero attached hydrogens (tertiary/aromatic N) is 4. The van der Waals surface area contributed by atoms with E-state index in [2.05, 4.69) is 34.3 Å². The molecule has 0 saturated carbocycles.